The van der Waals surface area contributed by atoms with Crippen LogP contribution in [-0.4, -0.2) is 23.5 Å². The van der Waals surface area contributed by atoms with E-state index in [2.05, 4.69) is 10.3 Å². The van der Waals surface area contributed by atoms with Gasteiger partial charge in [0.1, 0.15) is 11.4 Å². The third-order valence-corrected chi connectivity index (χ3v) is 2.77. The second-order valence-electron chi connectivity index (χ2n) is 4.07. The fourth-order valence-corrected chi connectivity index (χ4v) is 1.66. The van der Waals surface area contributed by atoms with Crippen LogP contribution in [0.15, 0.2) is 42.6 Å². The number of amides is 1. The van der Waals surface area contributed by atoms with E-state index in [0.29, 0.717) is 10.7 Å². The number of nitrogens with two attached hydrogens (primary N) is 1. The van der Waals surface area contributed by atoms with Crippen LogP contribution in [0, 0.1) is 0 Å². The van der Waals surface area contributed by atoms with E-state index in [1.54, 1.807) is 30.3 Å². The van der Waals surface area contributed by atoms with Crippen molar-refractivity contribution in [2.75, 3.05) is 17.7 Å². The van der Waals surface area contributed by atoms with E-state index in [0.717, 1.165) is 0 Å². The first kappa shape index (κ1) is 14.8. The molecule has 7 heteroatoms. The highest BCUT2D eigenvalue weighted by atomic mass is 35.5. The highest BCUT2D eigenvalue weighted by molar-refractivity contribution is 6.30. The van der Waals surface area contributed by atoms with Crippen LogP contribution in [0.25, 0.3) is 0 Å². The van der Waals surface area contributed by atoms with Crippen LogP contribution in [0.2, 0.25) is 5.02 Å². The summed E-state index contributed by atoms with van der Waals surface area (Å²) in [6, 6.07) is 9.59. The molecule has 1 heterocycles. The molecular formula is C14H12ClN3O3. The van der Waals surface area contributed by atoms with Gasteiger partial charge in [0.2, 0.25) is 0 Å². The number of nitrogen functional groups attached to an aromatic ring is 1. The summed E-state index contributed by atoms with van der Waals surface area (Å²) in [6.45, 7) is -0.421. The molecule has 0 radical (unpaired) electrons. The lowest BCUT2D eigenvalue weighted by atomic mass is 10.2. The van der Waals surface area contributed by atoms with Crippen molar-refractivity contribution in [2.24, 2.45) is 0 Å². The Morgan fingerprint density at radius 3 is 2.62 bits per heavy atom. The first-order valence-electron chi connectivity index (χ1n) is 5.99. The molecule has 2 rings (SSSR count). The average molecular weight is 306 g/mol. The first-order valence-corrected chi connectivity index (χ1v) is 6.37. The molecule has 0 bridgehead atoms. The molecule has 1 aromatic heterocycles. The number of rotatable bonds is 4. The van der Waals surface area contributed by atoms with Crippen LogP contribution >= 0.6 is 11.6 Å². The van der Waals surface area contributed by atoms with Gasteiger partial charge in [0, 0.05) is 16.9 Å². The molecule has 21 heavy (non-hydrogen) atoms. The minimum absolute atomic E-state index is 0.0561. The fraction of sp³-hybridized carbons (Fsp3) is 0.0714. The number of nitrogens with one attached hydrogen (secondary N) is 1. The van der Waals surface area contributed by atoms with Gasteiger partial charge in [-0.25, -0.2) is 9.78 Å². The predicted molar refractivity (Wildman–Crippen MR) is 79.0 cm³/mol. The minimum atomic E-state index is -0.702. The predicted octanol–water partition coefficient (Wildman–Crippen LogP) is 2.11. The van der Waals surface area contributed by atoms with Gasteiger partial charge < -0.3 is 15.8 Å². The van der Waals surface area contributed by atoms with Crippen LogP contribution in [0.4, 0.5) is 11.5 Å². The second-order valence-corrected chi connectivity index (χ2v) is 4.50. The number of nitrogens with zero attached hydrogens (tertiary/aromatic N) is 1. The van der Waals surface area contributed by atoms with E-state index >= 15 is 0 Å². The lowest BCUT2D eigenvalue weighted by molar-refractivity contribution is -0.119. The van der Waals surface area contributed by atoms with Gasteiger partial charge in [-0.05, 0) is 36.4 Å². The molecule has 1 amide bonds. The zero-order valence-corrected chi connectivity index (χ0v) is 11.6. The summed E-state index contributed by atoms with van der Waals surface area (Å²) < 4.78 is 4.87. The number of esters is 1. The van der Waals surface area contributed by atoms with Crippen LogP contribution in [0.5, 0.6) is 0 Å². The Morgan fingerprint density at radius 2 is 1.95 bits per heavy atom. The summed E-state index contributed by atoms with van der Waals surface area (Å²) in [5.74, 6) is -1.11. The monoisotopic (exact) mass is 305 g/mol. The Kier molecular flexibility index (Phi) is 4.73. The standard InChI is InChI=1S/C14H12ClN3O3/c15-9-3-5-10(6-4-9)18-12(19)8-21-14(20)11-2-1-7-17-13(11)16/h1-7H,8H2,(H2,16,17)(H,18,19). The van der Waals surface area contributed by atoms with Crippen LogP contribution in [0.1, 0.15) is 10.4 Å². The van der Waals surface area contributed by atoms with E-state index in [-0.39, 0.29) is 11.4 Å². The van der Waals surface area contributed by atoms with Gasteiger partial charge in [-0.3, -0.25) is 4.79 Å². The van der Waals surface area contributed by atoms with Gasteiger partial charge >= 0.3 is 5.97 Å². The van der Waals surface area contributed by atoms with Crippen molar-refractivity contribution < 1.29 is 14.3 Å². The number of pyridine rings is 1. The highest BCUT2D eigenvalue weighted by Crippen LogP contribution is 2.13. The number of benzene rings is 1. The molecule has 0 atom stereocenters. The molecule has 0 saturated heterocycles. The average Bonchev–Trinajstić information content (AvgIpc) is 2.48. The molecular weight excluding hydrogens is 294 g/mol. The fourth-order valence-electron chi connectivity index (χ4n) is 1.53. The van der Waals surface area contributed by atoms with E-state index in [4.69, 9.17) is 22.1 Å². The Hall–Kier alpha value is -2.60. The maximum atomic E-state index is 11.7. The number of aromatic nitrogens is 1. The zero-order valence-electron chi connectivity index (χ0n) is 10.9. The molecule has 3 N–H and O–H groups in total. The van der Waals surface area contributed by atoms with Crippen molar-refractivity contribution in [1.29, 1.82) is 0 Å². The summed E-state index contributed by atoms with van der Waals surface area (Å²) in [6.07, 6.45) is 1.46. The molecule has 0 spiro atoms. The smallest absolute Gasteiger partial charge is 0.342 e. The largest absolute Gasteiger partial charge is 0.452 e. The summed E-state index contributed by atoms with van der Waals surface area (Å²) in [5, 5.41) is 3.13. The van der Waals surface area contributed by atoms with Crippen LogP contribution < -0.4 is 11.1 Å². The number of carbonyl (C=O) groups excluding carboxylic acids is 2. The maximum Gasteiger partial charge on any atom is 0.342 e. The molecule has 108 valence electrons. The summed E-state index contributed by atoms with van der Waals surface area (Å²) in [5.41, 5.74) is 6.22. The van der Waals surface area contributed by atoms with Crippen molar-refractivity contribution in [3.8, 4) is 0 Å². The molecule has 0 aliphatic heterocycles. The zero-order chi connectivity index (χ0) is 15.2. The van der Waals surface area contributed by atoms with E-state index in [1.807, 2.05) is 0 Å². The Morgan fingerprint density at radius 1 is 1.24 bits per heavy atom. The Labute approximate surface area is 125 Å². The van der Waals surface area contributed by atoms with Crippen molar-refractivity contribution >= 4 is 35.0 Å². The number of ether oxygens (including phenoxy) is 1. The molecule has 0 unspecified atom stereocenters. The van der Waals surface area contributed by atoms with Gasteiger partial charge in [-0.15, -0.1) is 0 Å². The quantitative estimate of drug-likeness (QED) is 0.844. The summed E-state index contributed by atoms with van der Waals surface area (Å²) in [4.78, 5) is 27.1. The lowest BCUT2D eigenvalue weighted by Gasteiger charge is -2.07. The lowest BCUT2D eigenvalue weighted by Crippen LogP contribution is -2.21. The van der Waals surface area contributed by atoms with Crippen molar-refractivity contribution in [3.63, 3.8) is 0 Å². The van der Waals surface area contributed by atoms with Gasteiger partial charge in [0.15, 0.2) is 6.61 Å². The summed E-state index contributed by atoms with van der Waals surface area (Å²) >= 11 is 5.73. The summed E-state index contributed by atoms with van der Waals surface area (Å²) in [7, 11) is 0. The van der Waals surface area contributed by atoms with Crippen molar-refractivity contribution in [2.45, 2.75) is 0 Å². The third-order valence-electron chi connectivity index (χ3n) is 2.52. The molecule has 1 aromatic carbocycles. The molecule has 6 nitrogen and oxygen atoms in total. The van der Waals surface area contributed by atoms with Gasteiger partial charge in [-0.2, -0.15) is 0 Å². The van der Waals surface area contributed by atoms with Crippen molar-refractivity contribution in [1.82, 2.24) is 4.98 Å². The highest BCUT2D eigenvalue weighted by Gasteiger charge is 2.13. The van der Waals surface area contributed by atoms with E-state index in [1.165, 1.54) is 12.3 Å². The number of halogens is 1. The second kappa shape index (κ2) is 6.71. The van der Waals surface area contributed by atoms with Gasteiger partial charge in [0.05, 0.1) is 0 Å². The number of anilines is 2. The van der Waals surface area contributed by atoms with Crippen LogP contribution in [-0.2, 0) is 9.53 Å². The van der Waals surface area contributed by atoms with Crippen LogP contribution in [0.3, 0.4) is 0 Å². The van der Waals surface area contributed by atoms with Gasteiger partial charge in [-0.1, -0.05) is 11.6 Å². The van der Waals surface area contributed by atoms with E-state index in [9.17, 15) is 9.59 Å². The van der Waals surface area contributed by atoms with E-state index < -0.39 is 18.5 Å². The third kappa shape index (κ3) is 4.19. The molecule has 0 aliphatic carbocycles. The molecule has 0 aliphatic rings. The topological polar surface area (TPSA) is 94.3 Å². The number of hydrogen-bond acceptors (Lipinski definition) is 5. The number of hydrogen-bond donors (Lipinski definition) is 2. The Balaban J connectivity index is 1.88. The van der Waals surface area contributed by atoms with Crippen molar-refractivity contribution in [3.05, 3.63) is 53.2 Å². The molecule has 0 saturated carbocycles. The molecule has 0 fully saturated rings. The molecule has 2 aromatic rings. The SMILES string of the molecule is Nc1ncccc1C(=O)OCC(=O)Nc1ccc(Cl)cc1. The normalized spacial score (nSPS) is 9.95. The first-order chi connectivity index (χ1) is 10.1. The number of carbonyl (C=O) groups is 2. The maximum absolute atomic E-state index is 11.7. The Bertz CT molecular complexity index is 659. The minimum Gasteiger partial charge on any atom is -0.452 e. The van der Waals surface area contributed by atoms with Gasteiger partial charge in [0.25, 0.3) is 5.91 Å².